The number of rotatable bonds is 11. The molecular weight excluding hydrogens is 477 g/mol. The Morgan fingerprint density at radius 3 is 2.20 bits per heavy atom. The summed E-state index contributed by atoms with van der Waals surface area (Å²) in [6, 6.07) is 9.15. The topological polar surface area (TPSA) is 105 Å². The van der Waals surface area contributed by atoms with Crippen LogP contribution in [0.3, 0.4) is 0 Å². The summed E-state index contributed by atoms with van der Waals surface area (Å²) in [5, 5.41) is 2.73. The molecule has 0 aliphatic rings. The molecule has 9 nitrogen and oxygen atoms in total. The molecule has 1 N–H and O–H groups in total. The van der Waals surface area contributed by atoms with Gasteiger partial charge in [0.25, 0.3) is 0 Å². The molecule has 0 aromatic heterocycles. The molecule has 2 amide bonds. The SMILES string of the molecule is COc1ccc(N(CC(=O)N(Cc2ccccc2F)[C@@H](C)C(=O)NC(C)C)S(C)(=O)=O)cc1OC. The van der Waals surface area contributed by atoms with Crippen molar-refractivity contribution in [2.24, 2.45) is 0 Å². The molecule has 2 aromatic rings. The minimum Gasteiger partial charge on any atom is -0.493 e. The van der Waals surface area contributed by atoms with Gasteiger partial charge in [-0.3, -0.25) is 13.9 Å². The zero-order valence-corrected chi connectivity index (χ0v) is 21.6. The molecule has 0 saturated heterocycles. The third-order valence-electron chi connectivity index (χ3n) is 5.23. The van der Waals surface area contributed by atoms with Crippen LogP contribution in [0.2, 0.25) is 0 Å². The van der Waals surface area contributed by atoms with E-state index < -0.39 is 40.2 Å². The van der Waals surface area contributed by atoms with Crippen molar-refractivity contribution < 1.29 is 31.9 Å². The molecule has 0 bridgehead atoms. The molecule has 11 heteroatoms. The minimum absolute atomic E-state index is 0.170. The Labute approximate surface area is 205 Å². The van der Waals surface area contributed by atoms with Gasteiger partial charge >= 0.3 is 0 Å². The Hall–Kier alpha value is -3.34. The zero-order chi connectivity index (χ0) is 26.3. The number of nitrogens with one attached hydrogen (secondary N) is 1. The maximum atomic E-state index is 14.4. The first kappa shape index (κ1) is 27.9. The molecule has 0 fully saturated rings. The highest BCUT2D eigenvalue weighted by molar-refractivity contribution is 7.92. The number of hydrogen-bond acceptors (Lipinski definition) is 6. The van der Waals surface area contributed by atoms with Crippen LogP contribution in [0.1, 0.15) is 26.3 Å². The van der Waals surface area contributed by atoms with Crippen LogP contribution >= 0.6 is 0 Å². The van der Waals surface area contributed by atoms with Crippen LogP contribution < -0.4 is 19.1 Å². The molecule has 0 unspecified atom stereocenters. The van der Waals surface area contributed by atoms with E-state index in [2.05, 4.69) is 5.32 Å². The van der Waals surface area contributed by atoms with Crippen molar-refractivity contribution in [1.82, 2.24) is 10.2 Å². The lowest BCUT2D eigenvalue weighted by Crippen LogP contribution is -2.52. The number of ether oxygens (including phenoxy) is 2. The van der Waals surface area contributed by atoms with E-state index in [1.165, 1.54) is 57.5 Å². The van der Waals surface area contributed by atoms with Gasteiger partial charge in [0.2, 0.25) is 21.8 Å². The average molecular weight is 510 g/mol. The van der Waals surface area contributed by atoms with E-state index in [-0.39, 0.29) is 29.6 Å². The fraction of sp³-hybridized carbons (Fsp3) is 0.417. The van der Waals surface area contributed by atoms with Crippen LogP contribution in [0.15, 0.2) is 42.5 Å². The summed E-state index contributed by atoms with van der Waals surface area (Å²) in [6.45, 7) is 4.23. The van der Waals surface area contributed by atoms with Crippen molar-refractivity contribution in [3.8, 4) is 11.5 Å². The van der Waals surface area contributed by atoms with E-state index in [1.54, 1.807) is 19.9 Å². The van der Waals surface area contributed by atoms with Gasteiger partial charge in [-0.1, -0.05) is 18.2 Å². The Kier molecular flexibility index (Phi) is 9.47. The van der Waals surface area contributed by atoms with Crippen LogP contribution in [0.4, 0.5) is 10.1 Å². The summed E-state index contributed by atoms with van der Waals surface area (Å²) < 4.78 is 51.0. The summed E-state index contributed by atoms with van der Waals surface area (Å²) in [5.74, 6) is -1.00. The normalized spacial score (nSPS) is 12.1. The Morgan fingerprint density at radius 1 is 1.03 bits per heavy atom. The molecule has 0 spiro atoms. The van der Waals surface area contributed by atoms with Crippen molar-refractivity contribution in [1.29, 1.82) is 0 Å². The van der Waals surface area contributed by atoms with Gasteiger partial charge < -0.3 is 19.7 Å². The summed E-state index contributed by atoms with van der Waals surface area (Å²) in [6.07, 6.45) is 0.965. The smallest absolute Gasteiger partial charge is 0.244 e. The summed E-state index contributed by atoms with van der Waals surface area (Å²) >= 11 is 0. The molecule has 35 heavy (non-hydrogen) atoms. The van der Waals surface area contributed by atoms with E-state index >= 15 is 0 Å². The molecular formula is C24H32FN3O6S. The van der Waals surface area contributed by atoms with Crippen LogP contribution in [0.25, 0.3) is 0 Å². The summed E-state index contributed by atoms with van der Waals surface area (Å²) in [7, 11) is -1.07. The first-order valence-electron chi connectivity index (χ1n) is 10.9. The molecule has 0 saturated carbocycles. The van der Waals surface area contributed by atoms with E-state index in [9.17, 15) is 22.4 Å². The van der Waals surface area contributed by atoms with Crippen LogP contribution in [0, 0.1) is 5.82 Å². The predicted molar refractivity (Wildman–Crippen MR) is 131 cm³/mol. The van der Waals surface area contributed by atoms with Crippen molar-refractivity contribution in [2.45, 2.75) is 39.4 Å². The molecule has 0 aliphatic carbocycles. The van der Waals surface area contributed by atoms with Gasteiger partial charge in [-0.2, -0.15) is 0 Å². The van der Waals surface area contributed by atoms with Gasteiger partial charge in [-0.15, -0.1) is 0 Å². The lowest BCUT2D eigenvalue weighted by atomic mass is 10.1. The summed E-state index contributed by atoms with van der Waals surface area (Å²) in [4.78, 5) is 27.3. The third kappa shape index (κ3) is 7.32. The molecule has 2 rings (SSSR count). The minimum atomic E-state index is -3.92. The second-order valence-corrected chi connectivity index (χ2v) is 10.2. The first-order chi connectivity index (χ1) is 16.4. The second-order valence-electron chi connectivity index (χ2n) is 8.26. The number of amides is 2. The zero-order valence-electron chi connectivity index (χ0n) is 20.7. The number of benzene rings is 2. The molecule has 2 aromatic carbocycles. The van der Waals surface area contributed by atoms with Crippen molar-refractivity contribution >= 4 is 27.5 Å². The van der Waals surface area contributed by atoms with Crippen molar-refractivity contribution in [2.75, 3.05) is 31.3 Å². The summed E-state index contributed by atoms with van der Waals surface area (Å²) in [5.41, 5.74) is 0.366. The van der Waals surface area contributed by atoms with E-state index in [0.29, 0.717) is 5.75 Å². The average Bonchev–Trinajstić information content (AvgIpc) is 2.79. The van der Waals surface area contributed by atoms with Crippen LogP contribution in [-0.2, 0) is 26.2 Å². The van der Waals surface area contributed by atoms with Gasteiger partial charge in [0, 0.05) is 24.2 Å². The highest BCUT2D eigenvalue weighted by Crippen LogP contribution is 2.32. The molecule has 0 radical (unpaired) electrons. The Bertz CT molecular complexity index is 1160. The Balaban J connectivity index is 2.45. The van der Waals surface area contributed by atoms with E-state index in [4.69, 9.17) is 9.47 Å². The first-order valence-corrected chi connectivity index (χ1v) is 12.8. The Morgan fingerprint density at radius 2 is 1.66 bits per heavy atom. The fourth-order valence-corrected chi connectivity index (χ4v) is 4.23. The number of hydrogen-bond donors (Lipinski definition) is 1. The number of carbonyl (C=O) groups is 2. The number of sulfonamides is 1. The van der Waals surface area contributed by atoms with E-state index in [1.807, 2.05) is 0 Å². The predicted octanol–water partition coefficient (Wildman–Crippen LogP) is 2.55. The van der Waals surface area contributed by atoms with Crippen LogP contribution in [0.5, 0.6) is 11.5 Å². The maximum absolute atomic E-state index is 14.4. The standard InChI is InChI=1S/C24H32FN3O6S/c1-16(2)26-24(30)17(3)27(14-18-9-7-8-10-20(18)25)23(29)15-28(35(6,31)32)19-11-12-21(33-4)22(13-19)34-5/h7-13,16-17H,14-15H2,1-6H3,(H,26,30)/t17-/m0/s1. The number of anilines is 1. The quantitative estimate of drug-likeness (QED) is 0.499. The van der Waals surface area contributed by atoms with Gasteiger partial charge in [0.15, 0.2) is 11.5 Å². The lowest BCUT2D eigenvalue weighted by Gasteiger charge is -2.32. The number of methoxy groups -OCH3 is 2. The molecule has 1 atom stereocenters. The highest BCUT2D eigenvalue weighted by atomic mass is 32.2. The van der Waals surface area contributed by atoms with Crippen molar-refractivity contribution in [3.63, 3.8) is 0 Å². The van der Waals surface area contributed by atoms with Gasteiger partial charge in [0.1, 0.15) is 18.4 Å². The monoisotopic (exact) mass is 509 g/mol. The number of carbonyl (C=O) groups excluding carboxylic acids is 2. The van der Waals surface area contributed by atoms with Crippen LogP contribution in [-0.4, -0.2) is 64.2 Å². The third-order valence-corrected chi connectivity index (χ3v) is 6.37. The fourth-order valence-electron chi connectivity index (χ4n) is 3.39. The van der Waals surface area contributed by atoms with Gasteiger partial charge in [0.05, 0.1) is 26.2 Å². The number of halogens is 1. The molecule has 192 valence electrons. The lowest BCUT2D eigenvalue weighted by molar-refractivity contribution is -0.139. The van der Waals surface area contributed by atoms with Gasteiger partial charge in [-0.25, -0.2) is 12.8 Å². The van der Waals surface area contributed by atoms with Gasteiger partial charge in [-0.05, 0) is 39.0 Å². The maximum Gasteiger partial charge on any atom is 0.244 e. The second kappa shape index (κ2) is 11.9. The molecule has 0 aliphatic heterocycles. The largest absolute Gasteiger partial charge is 0.493 e. The van der Waals surface area contributed by atoms with E-state index in [0.717, 1.165) is 15.5 Å². The highest BCUT2D eigenvalue weighted by Gasteiger charge is 2.31. The van der Waals surface area contributed by atoms with Crippen molar-refractivity contribution in [3.05, 3.63) is 53.8 Å². The molecule has 0 heterocycles. The number of nitrogens with zero attached hydrogens (tertiary/aromatic N) is 2.